The molecule has 20 heavy (non-hydrogen) atoms. The summed E-state index contributed by atoms with van der Waals surface area (Å²) in [5.74, 6) is -1.04. The van der Waals surface area contributed by atoms with Crippen LogP contribution in [0.2, 0.25) is 0 Å². The number of carbonyl (C=O) groups excluding carboxylic acids is 1. The van der Waals surface area contributed by atoms with Gasteiger partial charge in [0.1, 0.15) is 0 Å². The SMILES string of the molecule is COCC(O)CN(C)C(=O)c1ccc([N+](=O)[O-])c(O)c1. The van der Waals surface area contributed by atoms with Crippen LogP contribution in [-0.4, -0.2) is 59.4 Å². The zero-order valence-electron chi connectivity index (χ0n) is 11.1. The van der Waals surface area contributed by atoms with Gasteiger partial charge in [0.15, 0.2) is 5.75 Å². The van der Waals surface area contributed by atoms with Crippen molar-refractivity contribution in [3.05, 3.63) is 33.9 Å². The normalized spacial score (nSPS) is 11.9. The van der Waals surface area contributed by atoms with E-state index in [9.17, 15) is 25.1 Å². The van der Waals surface area contributed by atoms with E-state index in [-0.39, 0.29) is 18.7 Å². The Labute approximate surface area is 115 Å². The number of phenols is 1. The van der Waals surface area contributed by atoms with E-state index in [1.165, 1.54) is 25.1 Å². The lowest BCUT2D eigenvalue weighted by Gasteiger charge is -2.20. The van der Waals surface area contributed by atoms with E-state index in [0.717, 1.165) is 12.1 Å². The fourth-order valence-corrected chi connectivity index (χ4v) is 1.68. The van der Waals surface area contributed by atoms with Crippen molar-refractivity contribution in [3.63, 3.8) is 0 Å². The van der Waals surface area contributed by atoms with Gasteiger partial charge in [0.05, 0.1) is 17.6 Å². The lowest BCUT2D eigenvalue weighted by atomic mass is 10.1. The largest absolute Gasteiger partial charge is 0.502 e. The van der Waals surface area contributed by atoms with Gasteiger partial charge >= 0.3 is 5.69 Å². The van der Waals surface area contributed by atoms with Crippen molar-refractivity contribution < 1.29 is 24.7 Å². The molecule has 8 heteroatoms. The van der Waals surface area contributed by atoms with Crippen LogP contribution in [0.15, 0.2) is 18.2 Å². The monoisotopic (exact) mass is 284 g/mol. The topological polar surface area (TPSA) is 113 Å². The second kappa shape index (κ2) is 6.83. The van der Waals surface area contributed by atoms with Gasteiger partial charge in [-0.05, 0) is 12.1 Å². The predicted octanol–water partition coefficient (Wildman–Crippen LogP) is 0.380. The van der Waals surface area contributed by atoms with E-state index in [2.05, 4.69) is 0 Å². The lowest BCUT2D eigenvalue weighted by Crippen LogP contribution is -2.36. The summed E-state index contributed by atoms with van der Waals surface area (Å²) in [7, 11) is 2.90. The molecule has 1 amide bonds. The Kier molecular flexibility index (Phi) is 5.42. The van der Waals surface area contributed by atoms with Crippen LogP contribution in [0.4, 0.5) is 5.69 Å². The second-order valence-corrected chi connectivity index (χ2v) is 4.26. The summed E-state index contributed by atoms with van der Waals surface area (Å²) in [6.07, 6.45) is -0.833. The first-order valence-electron chi connectivity index (χ1n) is 5.76. The minimum absolute atomic E-state index is 0.0461. The number of likely N-dealkylation sites (N-methyl/N-ethyl adjacent to an activating group) is 1. The number of aliphatic hydroxyl groups excluding tert-OH is 1. The smallest absolute Gasteiger partial charge is 0.310 e. The van der Waals surface area contributed by atoms with Gasteiger partial charge in [0, 0.05) is 32.3 Å². The molecule has 0 bridgehead atoms. The minimum atomic E-state index is -0.833. The van der Waals surface area contributed by atoms with Gasteiger partial charge in [-0.2, -0.15) is 0 Å². The number of nitrogens with zero attached hydrogens (tertiary/aromatic N) is 2. The molecule has 0 aliphatic carbocycles. The molecule has 0 fully saturated rings. The average Bonchev–Trinajstić information content (AvgIpc) is 2.37. The molecule has 0 radical (unpaired) electrons. The fourth-order valence-electron chi connectivity index (χ4n) is 1.68. The third-order valence-corrected chi connectivity index (χ3v) is 2.61. The number of benzene rings is 1. The number of rotatable bonds is 6. The summed E-state index contributed by atoms with van der Waals surface area (Å²) in [5, 5.41) is 29.6. The Morgan fingerprint density at radius 1 is 1.55 bits per heavy atom. The second-order valence-electron chi connectivity index (χ2n) is 4.26. The van der Waals surface area contributed by atoms with E-state index in [1.807, 2.05) is 0 Å². The quantitative estimate of drug-likeness (QED) is 0.576. The molecule has 0 aliphatic rings. The number of aromatic hydroxyl groups is 1. The average molecular weight is 284 g/mol. The highest BCUT2D eigenvalue weighted by Crippen LogP contribution is 2.26. The Bertz CT molecular complexity index is 505. The lowest BCUT2D eigenvalue weighted by molar-refractivity contribution is -0.385. The molecular formula is C12H16N2O6. The van der Waals surface area contributed by atoms with Crippen molar-refractivity contribution in [1.29, 1.82) is 0 Å². The van der Waals surface area contributed by atoms with Crippen LogP contribution >= 0.6 is 0 Å². The minimum Gasteiger partial charge on any atom is -0.502 e. The zero-order valence-corrected chi connectivity index (χ0v) is 11.1. The van der Waals surface area contributed by atoms with Crippen LogP contribution in [0, 0.1) is 10.1 Å². The van der Waals surface area contributed by atoms with E-state index in [0.29, 0.717) is 0 Å². The zero-order chi connectivity index (χ0) is 15.3. The maximum absolute atomic E-state index is 12.0. The van der Waals surface area contributed by atoms with Crippen LogP contribution in [-0.2, 0) is 4.74 Å². The van der Waals surface area contributed by atoms with Gasteiger partial charge in [-0.25, -0.2) is 0 Å². The molecule has 0 aromatic heterocycles. The first-order chi connectivity index (χ1) is 9.36. The number of methoxy groups -OCH3 is 1. The molecule has 0 aliphatic heterocycles. The van der Waals surface area contributed by atoms with Gasteiger partial charge < -0.3 is 19.8 Å². The molecule has 1 aromatic carbocycles. The molecule has 0 spiro atoms. The van der Waals surface area contributed by atoms with E-state index in [1.54, 1.807) is 0 Å². The molecule has 1 atom stereocenters. The number of ether oxygens (including phenoxy) is 1. The molecule has 1 aromatic rings. The molecular weight excluding hydrogens is 268 g/mol. The Balaban J connectivity index is 2.82. The predicted molar refractivity (Wildman–Crippen MR) is 69.6 cm³/mol. The summed E-state index contributed by atoms with van der Waals surface area (Å²) in [6, 6.07) is 3.33. The highest BCUT2D eigenvalue weighted by atomic mass is 16.6. The third-order valence-electron chi connectivity index (χ3n) is 2.61. The molecule has 2 N–H and O–H groups in total. The van der Waals surface area contributed by atoms with Crippen molar-refractivity contribution >= 4 is 11.6 Å². The summed E-state index contributed by atoms with van der Waals surface area (Å²) < 4.78 is 4.75. The van der Waals surface area contributed by atoms with Crippen molar-refractivity contribution in [1.82, 2.24) is 4.90 Å². The molecule has 1 rings (SSSR count). The number of amides is 1. The fraction of sp³-hybridized carbons (Fsp3) is 0.417. The number of hydrogen-bond donors (Lipinski definition) is 2. The van der Waals surface area contributed by atoms with Gasteiger partial charge in [0.25, 0.3) is 5.91 Å². The number of phenolic OH excluding ortho intramolecular Hbond substituents is 1. The van der Waals surface area contributed by atoms with Crippen LogP contribution in [0.5, 0.6) is 5.75 Å². The van der Waals surface area contributed by atoms with Crippen molar-refractivity contribution in [3.8, 4) is 5.75 Å². The van der Waals surface area contributed by atoms with Crippen LogP contribution in [0.1, 0.15) is 10.4 Å². The molecule has 0 heterocycles. The molecule has 1 unspecified atom stereocenters. The van der Waals surface area contributed by atoms with Gasteiger partial charge in [-0.1, -0.05) is 0 Å². The molecule has 8 nitrogen and oxygen atoms in total. The summed E-state index contributed by atoms with van der Waals surface area (Å²) in [4.78, 5) is 23.1. The van der Waals surface area contributed by atoms with Crippen LogP contribution < -0.4 is 0 Å². The van der Waals surface area contributed by atoms with Gasteiger partial charge in [-0.3, -0.25) is 14.9 Å². The maximum Gasteiger partial charge on any atom is 0.310 e. The number of aliphatic hydroxyl groups is 1. The van der Waals surface area contributed by atoms with E-state index in [4.69, 9.17) is 4.74 Å². The highest BCUT2D eigenvalue weighted by molar-refractivity contribution is 5.94. The number of nitro benzene ring substituents is 1. The maximum atomic E-state index is 12.0. The Hall–Kier alpha value is -2.19. The first-order valence-corrected chi connectivity index (χ1v) is 5.76. The molecule has 0 saturated heterocycles. The van der Waals surface area contributed by atoms with Crippen LogP contribution in [0.3, 0.4) is 0 Å². The number of nitro groups is 1. The summed E-state index contributed by atoms with van der Waals surface area (Å²) in [6.45, 7) is 0.132. The Morgan fingerprint density at radius 3 is 2.70 bits per heavy atom. The van der Waals surface area contributed by atoms with E-state index < -0.39 is 28.4 Å². The molecule has 0 saturated carbocycles. The van der Waals surface area contributed by atoms with Crippen molar-refractivity contribution in [2.24, 2.45) is 0 Å². The highest BCUT2D eigenvalue weighted by Gasteiger charge is 2.19. The standard InChI is InChI=1S/C12H16N2O6/c1-13(6-9(15)7-20-2)12(17)8-3-4-10(14(18)19)11(16)5-8/h3-5,9,15-16H,6-7H2,1-2H3. The molecule has 110 valence electrons. The third kappa shape index (κ3) is 3.90. The number of hydrogen-bond acceptors (Lipinski definition) is 6. The van der Waals surface area contributed by atoms with Gasteiger partial charge in [0.2, 0.25) is 0 Å². The van der Waals surface area contributed by atoms with Gasteiger partial charge in [-0.15, -0.1) is 0 Å². The summed E-state index contributed by atoms with van der Waals surface area (Å²) >= 11 is 0. The van der Waals surface area contributed by atoms with E-state index >= 15 is 0 Å². The Morgan fingerprint density at radius 2 is 2.20 bits per heavy atom. The van der Waals surface area contributed by atoms with Crippen LogP contribution in [0.25, 0.3) is 0 Å². The number of carbonyl (C=O) groups is 1. The summed E-state index contributed by atoms with van der Waals surface area (Å²) in [5.41, 5.74) is -0.371. The first kappa shape index (κ1) is 15.9. The van der Waals surface area contributed by atoms with Crippen molar-refractivity contribution in [2.45, 2.75) is 6.10 Å². The van der Waals surface area contributed by atoms with Crippen molar-refractivity contribution in [2.75, 3.05) is 27.3 Å².